The zero-order valence-corrected chi connectivity index (χ0v) is 7.89. The van der Waals surface area contributed by atoms with E-state index in [9.17, 15) is 4.79 Å². The summed E-state index contributed by atoms with van der Waals surface area (Å²) in [7, 11) is 0. The van der Waals surface area contributed by atoms with Crippen LogP contribution in [-0.4, -0.2) is 11.8 Å². The van der Waals surface area contributed by atoms with Crippen LogP contribution >= 0.6 is 0 Å². The Morgan fingerprint density at radius 2 is 2.00 bits per heavy atom. The molecule has 1 aliphatic rings. The van der Waals surface area contributed by atoms with Crippen molar-refractivity contribution in [2.75, 3.05) is 0 Å². The van der Waals surface area contributed by atoms with Crippen LogP contribution in [0.4, 0.5) is 0 Å². The monoisotopic (exact) mass is 167 g/mol. The van der Waals surface area contributed by atoms with Gasteiger partial charge in [0, 0.05) is 24.2 Å². The van der Waals surface area contributed by atoms with Crippen LogP contribution in [0.1, 0.15) is 39.5 Å². The Hall–Kier alpha value is -0.790. The standard InChI is InChI=1S/C10H17NO/c1-8(2)11-7-9-5-3-4-6-10(9)12/h7-8,11H,3-6H2,1-2H3/b9-7-. The van der Waals surface area contributed by atoms with Gasteiger partial charge in [0.2, 0.25) is 0 Å². The molecule has 0 aromatic heterocycles. The van der Waals surface area contributed by atoms with Gasteiger partial charge in [0.05, 0.1) is 0 Å². The normalized spacial score (nSPS) is 21.9. The second-order valence-electron chi connectivity index (χ2n) is 3.62. The predicted molar refractivity (Wildman–Crippen MR) is 49.8 cm³/mol. The molecule has 1 rings (SSSR count). The molecule has 0 aliphatic heterocycles. The molecule has 1 saturated carbocycles. The van der Waals surface area contributed by atoms with E-state index in [-0.39, 0.29) is 0 Å². The van der Waals surface area contributed by atoms with Crippen molar-refractivity contribution in [2.24, 2.45) is 0 Å². The van der Waals surface area contributed by atoms with Crippen molar-refractivity contribution in [3.63, 3.8) is 0 Å². The molecular formula is C10H17NO. The van der Waals surface area contributed by atoms with Crippen LogP contribution < -0.4 is 5.32 Å². The molecule has 0 spiro atoms. The van der Waals surface area contributed by atoms with Crippen LogP contribution in [0, 0.1) is 0 Å². The number of hydrogen-bond donors (Lipinski definition) is 1. The first-order chi connectivity index (χ1) is 5.70. The highest BCUT2D eigenvalue weighted by Gasteiger charge is 2.14. The van der Waals surface area contributed by atoms with E-state index in [1.54, 1.807) is 0 Å². The second kappa shape index (κ2) is 4.29. The van der Waals surface area contributed by atoms with Gasteiger partial charge < -0.3 is 5.32 Å². The fourth-order valence-corrected chi connectivity index (χ4v) is 1.32. The zero-order valence-electron chi connectivity index (χ0n) is 7.89. The van der Waals surface area contributed by atoms with Gasteiger partial charge in [-0.2, -0.15) is 0 Å². The van der Waals surface area contributed by atoms with E-state index in [1.807, 2.05) is 6.20 Å². The third-order valence-electron chi connectivity index (χ3n) is 2.05. The Bertz CT molecular complexity index is 194. The molecule has 12 heavy (non-hydrogen) atoms. The quantitative estimate of drug-likeness (QED) is 0.637. The highest BCUT2D eigenvalue weighted by atomic mass is 16.1. The summed E-state index contributed by atoms with van der Waals surface area (Å²) < 4.78 is 0. The van der Waals surface area contributed by atoms with Gasteiger partial charge in [0.15, 0.2) is 5.78 Å². The molecule has 0 unspecified atom stereocenters. The third-order valence-corrected chi connectivity index (χ3v) is 2.05. The minimum Gasteiger partial charge on any atom is -0.388 e. The van der Waals surface area contributed by atoms with E-state index < -0.39 is 0 Å². The van der Waals surface area contributed by atoms with Crippen molar-refractivity contribution >= 4 is 5.78 Å². The molecule has 0 atom stereocenters. The lowest BCUT2D eigenvalue weighted by Gasteiger charge is -2.13. The van der Waals surface area contributed by atoms with Gasteiger partial charge >= 0.3 is 0 Å². The van der Waals surface area contributed by atoms with E-state index >= 15 is 0 Å². The lowest BCUT2D eigenvalue weighted by Crippen LogP contribution is -2.19. The molecule has 2 nitrogen and oxygen atoms in total. The molecule has 0 aromatic rings. The fourth-order valence-electron chi connectivity index (χ4n) is 1.32. The summed E-state index contributed by atoms with van der Waals surface area (Å²) in [6.07, 6.45) is 5.82. The number of nitrogens with one attached hydrogen (secondary N) is 1. The molecular weight excluding hydrogens is 150 g/mol. The van der Waals surface area contributed by atoms with E-state index in [1.165, 1.54) is 0 Å². The van der Waals surface area contributed by atoms with Gasteiger partial charge in [0.1, 0.15) is 0 Å². The second-order valence-corrected chi connectivity index (χ2v) is 3.62. The lowest BCUT2D eigenvalue weighted by atomic mass is 9.94. The summed E-state index contributed by atoms with van der Waals surface area (Å²) in [5, 5.41) is 3.16. The topological polar surface area (TPSA) is 29.1 Å². The maximum absolute atomic E-state index is 11.3. The van der Waals surface area contributed by atoms with Crippen LogP contribution in [0.5, 0.6) is 0 Å². The number of carbonyl (C=O) groups is 1. The Morgan fingerprint density at radius 3 is 2.58 bits per heavy atom. The van der Waals surface area contributed by atoms with Gasteiger partial charge in [-0.1, -0.05) is 0 Å². The summed E-state index contributed by atoms with van der Waals surface area (Å²) in [4.78, 5) is 11.3. The van der Waals surface area contributed by atoms with Gasteiger partial charge in [-0.15, -0.1) is 0 Å². The molecule has 1 N–H and O–H groups in total. The smallest absolute Gasteiger partial charge is 0.160 e. The van der Waals surface area contributed by atoms with Gasteiger partial charge in [-0.05, 0) is 33.1 Å². The molecule has 0 saturated heterocycles. The number of allylic oxidation sites excluding steroid dienone is 1. The van der Waals surface area contributed by atoms with Gasteiger partial charge in [0.25, 0.3) is 0 Å². The van der Waals surface area contributed by atoms with Crippen molar-refractivity contribution in [1.82, 2.24) is 5.32 Å². The summed E-state index contributed by atoms with van der Waals surface area (Å²) >= 11 is 0. The highest BCUT2D eigenvalue weighted by molar-refractivity contribution is 5.95. The number of ketones is 1. The minimum atomic E-state index is 0.328. The molecule has 0 radical (unpaired) electrons. The number of carbonyl (C=O) groups excluding carboxylic acids is 1. The zero-order chi connectivity index (χ0) is 8.97. The molecule has 0 amide bonds. The number of rotatable bonds is 2. The first-order valence-electron chi connectivity index (χ1n) is 4.68. The Kier molecular flexibility index (Phi) is 3.32. The predicted octanol–water partition coefficient (Wildman–Crippen LogP) is 2.01. The molecule has 0 bridgehead atoms. The Balaban J connectivity index is 2.47. The Labute approximate surface area is 74.0 Å². The number of hydrogen-bond acceptors (Lipinski definition) is 2. The first-order valence-corrected chi connectivity index (χ1v) is 4.68. The van der Waals surface area contributed by atoms with Crippen LogP contribution in [0.3, 0.4) is 0 Å². The summed E-state index contributed by atoms with van der Waals surface area (Å²) in [5.41, 5.74) is 0.981. The molecule has 0 heterocycles. The summed E-state index contributed by atoms with van der Waals surface area (Å²) in [5.74, 6) is 0.328. The van der Waals surface area contributed by atoms with E-state index in [0.717, 1.165) is 31.3 Å². The summed E-state index contributed by atoms with van der Waals surface area (Å²) in [6, 6.07) is 0.423. The van der Waals surface area contributed by atoms with Crippen molar-refractivity contribution in [2.45, 2.75) is 45.6 Å². The maximum atomic E-state index is 11.3. The molecule has 1 fully saturated rings. The van der Waals surface area contributed by atoms with Gasteiger partial charge in [-0.25, -0.2) is 0 Å². The largest absolute Gasteiger partial charge is 0.388 e. The van der Waals surface area contributed by atoms with Crippen molar-refractivity contribution < 1.29 is 4.79 Å². The molecule has 0 aromatic carbocycles. The van der Waals surface area contributed by atoms with Crippen LogP contribution in [0.2, 0.25) is 0 Å². The maximum Gasteiger partial charge on any atom is 0.160 e. The van der Waals surface area contributed by atoms with Crippen LogP contribution in [0.15, 0.2) is 11.8 Å². The van der Waals surface area contributed by atoms with E-state index in [4.69, 9.17) is 0 Å². The summed E-state index contributed by atoms with van der Waals surface area (Å²) in [6.45, 7) is 4.15. The lowest BCUT2D eigenvalue weighted by molar-refractivity contribution is -0.116. The fraction of sp³-hybridized carbons (Fsp3) is 0.700. The minimum absolute atomic E-state index is 0.328. The third kappa shape index (κ3) is 2.68. The van der Waals surface area contributed by atoms with E-state index in [0.29, 0.717) is 11.8 Å². The number of Topliss-reactive ketones (excluding diaryl/α,β-unsaturated/α-hetero) is 1. The SMILES string of the molecule is CC(C)N/C=C1/CCCCC1=O. The Morgan fingerprint density at radius 1 is 1.33 bits per heavy atom. The highest BCUT2D eigenvalue weighted by Crippen LogP contribution is 2.18. The average molecular weight is 167 g/mol. The average Bonchev–Trinajstić information content (AvgIpc) is 2.03. The van der Waals surface area contributed by atoms with Crippen molar-refractivity contribution in [1.29, 1.82) is 0 Å². The molecule has 68 valence electrons. The first kappa shape index (κ1) is 9.30. The van der Waals surface area contributed by atoms with E-state index in [2.05, 4.69) is 19.2 Å². The van der Waals surface area contributed by atoms with Crippen LogP contribution in [-0.2, 0) is 4.79 Å². The van der Waals surface area contributed by atoms with Crippen LogP contribution in [0.25, 0.3) is 0 Å². The molecule has 2 heteroatoms. The van der Waals surface area contributed by atoms with Gasteiger partial charge in [-0.3, -0.25) is 4.79 Å². The van der Waals surface area contributed by atoms with Crippen molar-refractivity contribution in [3.05, 3.63) is 11.8 Å². The molecule has 1 aliphatic carbocycles. The van der Waals surface area contributed by atoms with Crippen molar-refractivity contribution in [3.8, 4) is 0 Å².